The fourth-order valence-electron chi connectivity index (χ4n) is 2.27. The quantitative estimate of drug-likeness (QED) is 0.800. The lowest BCUT2D eigenvalue weighted by atomic mass is 10.0. The van der Waals surface area contributed by atoms with Crippen LogP contribution in [0.4, 0.5) is 0 Å². The van der Waals surface area contributed by atoms with E-state index in [0.29, 0.717) is 0 Å². The van der Waals surface area contributed by atoms with E-state index in [1.807, 2.05) is 7.05 Å². The van der Waals surface area contributed by atoms with Gasteiger partial charge in [-0.1, -0.05) is 0 Å². The first-order valence-electron chi connectivity index (χ1n) is 6.23. The number of carbonyl (C=O) groups is 2. The lowest BCUT2D eigenvalue weighted by Gasteiger charge is -2.29. The second-order valence-corrected chi connectivity index (χ2v) is 4.89. The molecule has 2 N–H and O–H groups in total. The molecule has 1 fully saturated rings. The van der Waals surface area contributed by atoms with Gasteiger partial charge in [-0.2, -0.15) is 5.10 Å². The third-order valence-electron chi connectivity index (χ3n) is 3.44. The molecule has 2 heterocycles. The van der Waals surface area contributed by atoms with Gasteiger partial charge in [0.25, 0.3) is 5.91 Å². The Bertz CT molecular complexity index is 489. The van der Waals surface area contributed by atoms with Gasteiger partial charge in [0, 0.05) is 13.1 Å². The van der Waals surface area contributed by atoms with E-state index in [2.05, 4.69) is 15.3 Å². The molecule has 7 nitrogen and oxygen atoms in total. The van der Waals surface area contributed by atoms with E-state index < -0.39 is 5.97 Å². The van der Waals surface area contributed by atoms with E-state index >= 15 is 0 Å². The largest absolute Gasteiger partial charge is 0.477 e. The molecule has 1 aromatic heterocycles. The van der Waals surface area contributed by atoms with Crippen LogP contribution >= 0.6 is 0 Å². The van der Waals surface area contributed by atoms with Crippen molar-refractivity contribution in [3.8, 4) is 0 Å². The van der Waals surface area contributed by atoms with E-state index in [1.165, 1.54) is 17.9 Å². The summed E-state index contributed by atoms with van der Waals surface area (Å²) in [6, 6.07) is 0.102. The summed E-state index contributed by atoms with van der Waals surface area (Å²) < 4.78 is 1.20. The molecule has 7 heteroatoms. The van der Waals surface area contributed by atoms with Crippen molar-refractivity contribution in [2.75, 3.05) is 20.1 Å². The average Bonchev–Trinajstić information content (AvgIpc) is 2.74. The fourth-order valence-corrected chi connectivity index (χ4v) is 2.27. The van der Waals surface area contributed by atoms with Crippen molar-refractivity contribution in [2.45, 2.75) is 18.9 Å². The van der Waals surface area contributed by atoms with Crippen molar-refractivity contribution in [3.05, 3.63) is 17.5 Å². The lowest BCUT2D eigenvalue weighted by Crippen LogP contribution is -2.43. The Morgan fingerprint density at radius 2 is 2.00 bits per heavy atom. The Balaban J connectivity index is 2.06. The Hall–Kier alpha value is -1.89. The average molecular weight is 266 g/mol. The number of amides is 1. The standard InChI is InChI=1S/C12H18N4O3/c1-15-5-3-8(4-6-15)14-11(17)9-7-13-16(2)10(9)12(18)19/h7-8H,3-6H2,1-2H3,(H,14,17)(H,18,19). The number of carbonyl (C=O) groups excluding carboxylic acids is 1. The topological polar surface area (TPSA) is 87.5 Å². The number of carboxylic acids is 1. The van der Waals surface area contributed by atoms with Gasteiger partial charge >= 0.3 is 5.97 Å². The SMILES string of the molecule is CN1CCC(NC(=O)c2cnn(C)c2C(=O)O)CC1. The van der Waals surface area contributed by atoms with Crippen molar-refractivity contribution in [1.29, 1.82) is 0 Å². The van der Waals surface area contributed by atoms with E-state index in [0.717, 1.165) is 25.9 Å². The molecular weight excluding hydrogens is 248 g/mol. The number of aryl methyl sites for hydroxylation is 1. The number of likely N-dealkylation sites (tertiary alicyclic amines) is 1. The summed E-state index contributed by atoms with van der Waals surface area (Å²) >= 11 is 0. The van der Waals surface area contributed by atoms with Crippen molar-refractivity contribution in [2.24, 2.45) is 7.05 Å². The number of nitrogens with one attached hydrogen (secondary N) is 1. The van der Waals surface area contributed by atoms with E-state index in [1.54, 1.807) is 0 Å². The van der Waals surface area contributed by atoms with Crippen LogP contribution in [0.25, 0.3) is 0 Å². The van der Waals surface area contributed by atoms with Crippen LogP contribution in [0, 0.1) is 0 Å². The smallest absolute Gasteiger partial charge is 0.354 e. The molecule has 0 unspecified atom stereocenters. The van der Waals surface area contributed by atoms with Gasteiger partial charge < -0.3 is 15.3 Å². The van der Waals surface area contributed by atoms with Crippen LogP contribution in [0.2, 0.25) is 0 Å². The second kappa shape index (κ2) is 5.40. The van der Waals surface area contributed by atoms with Crippen LogP contribution in [0.15, 0.2) is 6.20 Å². The van der Waals surface area contributed by atoms with Gasteiger partial charge in [0.15, 0.2) is 5.69 Å². The molecule has 0 saturated carbocycles. The maximum Gasteiger partial charge on any atom is 0.354 e. The summed E-state index contributed by atoms with van der Waals surface area (Å²) in [4.78, 5) is 25.4. The van der Waals surface area contributed by atoms with Crippen molar-refractivity contribution in [1.82, 2.24) is 20.0 Å². The van der Waals surface area contributed by atoms with Gasteiger partial charge in [-0.15, -0.1) is 0 Å². The zero-order chi connectivity index (χ0) is 14.0. The first-order valence-corrected chi connectivity index (χ1v) is 6.23. The van der Waals surface area contributed by atoms with Crippen LogP contribution in [0.3, 0.4) is 0 Å². The first kappa shape index (κ1) is 13.5. The van der Waals surface area contributed by atoms with Crippen LogP contribution in [0.1, 0.15) is 33.7 Å². The summed E-state index contributed by atoms with van der Waals surface area (Å²) in [6.45, 7) is 1.87. The second-order valence-electron chi connectivity index (χ2n) is 4.89. The van der Waals surface area contributed by atoms with E-state index in [4.69, 9.17) is 5.11 Å². The highest BCUT2D eigenvalue weighted by molar-refractivity contribution is 6.03. The molecule has 0 aromatic carbocycles. The summed E-state index contributed by atoms with van der Waals surface area (Å²) in [5, 5.41) is 15.8. The number of rotatable bonds is 3. The summed E-state index contributed by atoms with van der Waals surface area (Å²) in [5.74, 6) is -1.51. The van der Waals surface area contributed by atoms with E-state index in [9.17, 15) is 9.59 Å². The van der Waals surface area contributed by atoms with Crippen LogP contribution in [-0.4, -0.2) is 57.8 Å². The van der Waals surface area contributed by atoms with Gasteiger partial charge in [0.1, 0.15) is 0 Å². The summed E-state index contributed by atoms with van der Waals surface area (Å²) in [6.07, 6.45) is 3.06. The molecule has 0 atom stereocenters. The van der Waals surface area contributed by atoms with E-state index in [-0.39, 0.29) is 23.2 Å². The van der Waals surface area contributed by atoms with Gasteiger partial charge in [-0.25, -0.2) is 4.79 Å². The molecule has 2 rings (SSSR count). The van der Waals surface area contributed by atoms with Gasteiger partial charge in [-0.05, 0) is 33.0 Å². The van der Waals surface area contributed by atoms with Gasteiger partial charge in [0.05, 0.1) is 11.8 Å². The molecule has 1 aliphatic heterocycles. The predicted molar refractivity (Wildman–Crippen MR) is 68.2 cm³/mol. The zero-order valence-electron chi connectivity index (χ0n) is 11.1. The maximum atomic E-state index is 12.1. The number of aromatic nitrogens is 2. The predicted octanol–water partition coefficient (Wildman–Crippen LogP) is -0.0577. The minimum absolute atomic E-state index is 0.0783. The summed E-state index contributed by atoms with van der Waals surface area (Å²) in [7, 11) is 3.55. The number of hydrogen-bond acceptors (Lipinski definition) is 4. The Morgan fingerprint density at radius 3 is 2.58 bits per heavy atom. The molecule has 0 bridgehead atoms. The highest BCUT2D eigenvalue weighted by Gasteiger charge is 2.24. The minimum atomic E-state index is -1.14. The Kier molecular flexibility index (Phi) is 3.84. The van der Waals surface area contributed by atoms with Crippen molar-refractivity contribution < 1.29 is 14.7 Å². The first-order chi connectivity index (χ1) is 8.99. The van der Waals surface area contributed by atoms with Crippen LogP contribution < -0.4 is 5.32 Å². The molecule has 19 heavy (non-hydrogen) atoms. The molecule has 0 aliphatic carbocycles. The monoisotopic (exact) mass is 266 g/mol. The van der Waals surface area contributed by atoms with Gasteiger partial charge in [0.2, 0.25) is 0 Å². The fraction of sp³-hybridized carbons (Fsp3) is 0.583. The zero-order valence-corrected chi connectivity index (χ0v) is 11.1. The molecular formula is C12H18N4O3. The molecule has 104 valence electrons. The highest BCUT2D eigenvalue weighted by atomic mass is 16.4. The van der Waals surface area contributed by atoms with Crippen molar-refractivity contribution >= 4 is 11.9 Å². The number of piperidine rings is 1. The number of hydrogen-bond donors (Lipinski definition) is 2. The maximum absolute atomic E-state index is 12.1. The lowest BCUT2D eigenvalue weighted by molar-refractivity contribution is 0.0678. The Morgan fingerprint density at radius 1 is 1.37 bits per heavy atom. The third kappa shape index (κ3) is 2.93. The summed E-state index contributed by atoms with van der Waals surface area (Å²) in [5.41, 5.74) is 0.0411. The van der Waals surface area contributed by atoms with Crippen molar-refractivity contribution in [3.63, 3.8) is 0 Å². The third-order valence-corrected chi connectivity index (χ3v) is 3.44. The van der Waals surface area contributed by atoms with Crippen LogP contribution in [0.5, 0.6) is 0 Å². The van der Waals surface area contributed by atoms with Gasteiger partial charge in [-0.3, -0.25) is 9.48 Å². The normalized spacial score (nSPS) is 17.4. The molecule has 1 amide bonds. The molecule has 1 saturated heterocycles. The highest BCUT2D eigenvalue weighted by Crippen LogP contribution is 2.12. The van der Waals surface area contributed by atoms with Crippen LogP contribution in [-0.2, 0) is 7.05 Å². The number of aromatic carboxylic acids is 1. The number of nitrogens with zero attached hydrogens (tertiary/aromatic N) is 3. The Labute approximate surface area is 111 Å². The molecule has 0 spiro atoms. The molecule has 1 aromatic rings. The minimum Gasteiger partial charge on any atom is -0.477 e. The molecule has 0 radical (unpaired) electrons. The number of carboxylic acid groups (broad SMARTS) is 1. The molecule has 1 aliphatic rings.